The van der Waals surface area contributed by atoms with Crippen LogP contribution in [0.15, 0.2) is 0 Å². The van der Waals surface area contributed by atoms with E-state index in [0.717, 1.165) is 38.8 Å². The highest BCUT2D eigenvalue weighted by Crippen LogP contribution is 2.22. The van der Waals surface area contributed by atoms with Gasteiger partial charge in [0.05, 0.1) is 0 Å². The molecule has 0 saturated carbocycles. The topological polar surface area (TPSA) is 69.7 Å². The van der Waals surface area contributed by atoms with Crippen LogP contribution in [0.3, 0.4) is 0 Å². The van der Waals surface area contributed by atoms with Gasteiger partial charge in [-0.3, -0.25) is 14.4 Å². The van der Waals surface area contributed by atoms with E-state index in [1.165, 1.54) is 6.42 Å². The molecular weight excluding hydrogens is 318 g/mol. The number of carbonyl (C=O) groups is 3. The van der Waals surface area contributed by atoms with Gasteiger partial charge >= 0.3 is 0 Å². The highest BCUT2D eigenvalue weighted by molar-refractivity contribution is 5.89. The zero-order chi connectivity index (χ0) is 18.6. The molecule has 0 radical (unpaired) electrons. The number of rotatable bonds is 3. The molecule has 0 spiro atoms. The first-order valence-electron chi connectivity index (χ1n) is 9.58. The van der Waals surface area contributed by atoms with Crippen molar-refractivity contribution in [3.8, 4) is 0 Å². The molecule has 6 nitrogen and oxygen atoms in total. The Morgan fingerprint density at radius 1 is 0.920 bits per heavy atom. The van der Waals surface area contributed by atoms with E-state index >= 15 is 0 Å². The fraction of sp³-hybridized carbons (Fsp3) is 0.842. The second kappa shape index (κ2) is 8.19. The van der Waals surface area contributed by atoms with E-state index in [1.54, 1.807) is 11.8 Å². The minimum absolute atomic E-state index is 0.0432. The van der Waals surface area contributed by atoms with Crippen LogP contribution in [0.2, 0.25) is 0 Å². The summed E-state index contributed by atoms with van der Waals surface area (Å²) in [4.78, 5) is 41.0. The van der Waals surface area contributed by atoms with Crippen LogP contribution in [0, 0.1) is 11.3 Å². The Balaban J connectivity index is 1.81. The van der Waals surface area contributed by atoms with Gasteiger partial charge in [-0.2, -0.15) is 0 Å². The van der Waals surface area contributed by atoms with E-state index in [-0.39, 0.29) is 23.6 Å². The lowest BCUT2D eigenvalue weighted by molar-refractivity contribution is -0.143. The van der Waals surface area contributed by atoms with Crippen molar-refractivity contribution >= 4 is 17.7 Å². The molecule has 2 rings (SSSR count). The average molecular weight is 351 g/mol. The SMILES string of the molecule is C[C@H](NC(=O)C(C)(C)C)C(=O)N1CCC(C(=O)N2CCCCC2)CC1. The van der Waals surface area contributed by atoms with Crippen LogP contribution in [0.25, 0.3) is 0 Å². The van der Waals surface area contributed by atoms with Gasteiger partial charge in [0.25, 0.3) is 0 Å². The van der Waals surface area contributed by atoms with Gasteiger partial charge in [0.15, 0.2) is 0 Å². The van der Waals surface area contributed by atoms with Gasteiger partial charge < -0.3 is 15.1 Å². The summed E-state index contributed by atoms with van der Waals surface area (Å²) in [5.74, 6) is 0.132. The smallest absolute Gasteiger partial charge is 0.244 e. The standard InChI is InChI=1S/C19H33N3O3/c1-14(20-18(25)19(2,3)4)16(23)22-12-8-15(9-13-22)17(24)21-10-6-5-7-11-21/h14-15H,5-13H2,1-4H3,(H,20,25)/t14-/m0/s1. The van der Waals surface area contributed by atoms with Gasteiger partial charge in [-0.1, -0.05) is 20.8 Å². The van der Waals surface area contributed by atoms with E-state index in [4.69, 9.17) is 0 Å². The summed E-state index contributed by atoms with van der Waals surface area (Å²) in [5, 5.41) is 2.80. The third kappa shape index (κ3) is 5.19. The maximum absolute atomic E-state index is 12.6. The van der Waals surface area contributed by atoms with Crippen molar-refractivity contribution in [3.05, 3.63) is 0 Å². The number of nitrogens with one attached hydrogen (secondary N) is 1. The number of carbonyl (C=O) groups excluding carboxylic acids is 3. The van der Waals surface area contributed by atoms with Crippen LogP contribution in [-0.4, -0.2) is 59.7 Å². The van der Waals surface area contributed by atoms with Crippen molar-refractivity contribution in [3.63, 3.8) is 0 Å². The molecule has 0 unspecified atom stereocenters. The Bertz CT molecular complexity index is 499. The minimum Gasteiger partial charge on any atom is -0.344 e. The zero-order valence-electron chi connectivity index (χ0n) is 16.1. The first-order valence-corrected chi connectivity index (χ1v) is 9.58. The van der Waals surface area contributed by atoms with Crippen molar-refractivity contribution < 1.29 is 14.4 Å². The first-order chi connectivity index (χ1) is 11.7. The highest BCUT2D eigenvalue weighted by atomic mass is 16.2. The van der Waals surface area contributed by atoms with Gasteiger partial charge in [0, 0.05) is 37.5 Å². The molecule has 2 fully saturated rings. The molecule has 2 aliphatic heterocycles. The third-order valence-electron chi connectivity index (χ3n) is 5.22. The fourth-order valence-electron chi connectivity index (χ4n) is 3.47. The third-order valence-corrected chi connectivity index (χ3v) is 5.22. The molecule has 3 amide bonds. The number of hydrogen-bond acceptors (Lipinski definition) is 3. The number of hydrogen-bond donors (Lipinski definition) is 1. The Hall–Kier alpha value is -1.59. The Labute approximate surface area is 151 Å². The van der Waals surface area contributed by atoms with Crippen molar-refractivity contribution in [2.24, 2.45) is 11.3 Å². The maximum atomic E-state index is 12.6. The molecule has 142 valence electrons. The lowest BCUT2D eigenvalue weighted by Crippen LogP contribution is -2.52. The summed E-state index contributed by atoms with van der Waals surface area (Å²) in [7, 11) is 0. The molecule has 2 saturated heterocycles. The predicted octanol–water partition coefficient (Wildman–Crippen LogP) is 1.79. The maximum Gasteiger partial charge on any atom is 0.244 e. The molecule has 0 bridgehead atoms. The largest absolute Gasteiger partial charge is 0.344 e. The van der Waals surface area contributed by atoms with Gasteiger partial charge in [-0.25, -0.2) is 0 Å². The number of nitrogens with zero attached hydrogens (tertiary/aromatic N) is 2. The van der Waals surface area contributed by atoms with Gasteiger partial charge in [-0.15, -0.1) is 0 Å². The van der Waals surface area contributed by atoms with Gasteiger partial charge in [-0.05, 0) is 39.0 Å². The van der Waals surface area contributed by atoms with Gasteiger partial charge in [0.1, 0.15) is 6.04 Å². The Morgan fingerprint density at radius 2 is 1.48 bits per heavy atom. The summed E-state index contributed by atoms with van der Waals surface area (Å²) in [6.45, 7) is 10.2. The molecule has 1 atom stereocenters. The molecule has 0 aromatic carbocycles. The minimum atomic E-state index is -0.527. The van der Waals surface area contributed by atoms with Crippen molar-refractivity contribution in [1.82, 2.24) is 15.1 Å². The summed E-state index contributed by atoms with van der Waals surface area (Å²) in [6.07, 6.45) is 4.87. The second-order valence-corrected chi connectivity index (χ2v) is 8.43. The van der Waals surface area contributed by atoms with E-state index in [1.807, 2.05) is 25.7 Å². The molecule has 2 aliphatic rings. The van der Waals surface area contributed by atoms with Crippen LogP contribution in [0.1, 0.15) is 59.8 Å². The van der Waals surface area contributed by atoms with Crippen molar-refractivity contribution in [1.29, 1.82) is 0 Å². The van der Waals surface area contributed by atoms with Gasteiger partial charge in [0.2, 0.25) is 17.7 Å². The number of likely N-dealkylation sites (tertiary alicyclic amines) is 2. The molecular formula is C19H33N3O3. The molecule has 0 aromatic rings. The van der Waals surface area contributed by atoms with E-state index < -0.39 is 11.5 Å². The summed E-state index contributed by atoms with van der Waals surface area (Å²) in [6, 6.07) is -0.527. The van der Waals surface area contributed by atoms with Crippen LogP contribution < -0.4 is 5.32 Å². The van der Waals surface area contributed by atoms with E-state index in [9.17, 15) is 14.4 Å². The second-order valence-electron chi connectivity index (χ2n) is 8.43. The molecule has 1 N–H and O–H groups in total. The lowest BCUT2D eigenvalue weighted by Gasteiger charge is -2.36. The predicted molar refractivity (Wildman–Crippen MR) is 96.8 cm³/mol. The quantitative estimate of drug-likeness (QED) is 0.843. The summed E-state index contributed by atoms with van der Waals surface area (Å²) < 4.78 is 0. The lowest BCUT2D eigenvalue weighted by atomic mass is 9.93. The van der Waals surface area contributed by atoms with Crippen LogP contribution >= 0.6 is 0 Å². The van der Waals surface area contributed by atoms with Crippen LogP contribution in [0.4, 0.5) is 0 Å². The van der Waals surface area contributed by atoms with E-state index in [0.29, 0.717) is 13.1 Å². The zero-order valence-corrected chi connectivity index (χ0v) is 16.1. The molecule has 2 heterocycles. The first kappa shape index (κ1) is 19.7. The molecule has 0 aliphatic carbocycles. The van der Waals surface area contributed by atoms with Crippen LogP contribution in [-0.2, 0) is 14.4 Å². The van der Waals surface area contributed by atoms with E-state index in [2.05, 4.69) is 5.32 Å². The normalized spacial score (nSPS) is 21.0. The summed E-state index contributed by atoms with van der Waals surface area (Å²) in [5.41, 5.74) is -0.512. The Morgan fingerprint density at radius 3 is 2.00 bits per heavy atom. The summed E-state index contributed by atoms with van der Waals surface area (Å²) >= 11 is 0. The fourth-order valence-corrected chi connectivity index (χ4v) is 3.47. The molecule has 0 aromatic heterocycles. The van der Waals surface area contributed by atoms with Crippen molar-refractivity contribution in [2.45, 2.75) is 65.8 Å². The van der Waals surface area contributed by atoms with Crippen LogP contribution in [0.5, 0.6) is 0 Å². The van der Waals surface area contributed by atoms with Crippen molar-refractivity contribution in [2.75, 3.05) is 26.2 Å². The highest BCUT2D eigenvalue weighted by Gasteiger charge is 2.33. The molecule has 25 heavy (non-hydrogen) atoms. The number of amides is 3. The number of piperidine rings is 2. The molecule has 6 heteroatoms. The average Bonchev–Trinajstić information content (AvgIpc) is 2.60. The Kier molecular flexibility index (Phi) is 6.47. The monoisotopic (exact) mass is 351 g/mol.